The van der Waals surface area contributed by atoms with E-state index in [1.165, 1.54) is 6.61 Å². The molecule has 0 aliphatic carbocycles. The van der Waals surface area contributed by atoms with Gasteiger partial charge in [0.05, 0.1) is 0 Å². The Morgan fingerprint density at radius 2 is 1.77 bits per heavy atom. The summed E-state index contributed by atoms with van der Waals surface area (Å²) in [6, 6.07) is 0. The molecular weight excluding hydrogens is 172 g/mol. The van der Waals surface area contributed by atoms with Crippen molar-refractivity contribution < 1.29 is 19.1 Å². The molecule has 1 radical (unpaired) electrons. The summed E-state index contributed by atoms with van der Waals surface area (Å²) in [5, 5.41) is 0. The molecule has 0 amide bonds. The second-order valence-corrected chi connectivity index (χ2v) is 2.53. The van der Waals surface area contributed by atoms with Gasteiger partial charge >= 0.3 is 11.9 Å². The first-order valence-corrected chi connectivity index (χ1v) is 4.32. The summed E-state index contributed by atoms with van der Waals surface area (Å²) in [4.78, 5) is 21.4. The van der Waals surface area contributed by atoms with Crippen LogP contribution < -0.4 is 0 Å². The Balaban J connectivity index is 3.56. The monoisotopic (exact) mass is 187 g/mol. The van der Waals surface area contributed by atoms with E-state index >= 15 is 0 Å². The highest BCUT2D eigenvalue weighted by atomic mass is 16.6. The van der Waals surface area contributed by atoms with E-state index in [2.05, 4.69) is 4.74 Å². The Bertz CT molecular complexity index is 176. The molecule has 0 aliphatic rings. The highest BCUT2D eigenvalue weighted by Crippen LogP contribution is 2.00. The van der Waals surface area contributed by atoms with Crippen LogP contribution in [-0.2, 0) is 19.1 Å². The Hall–Kier alpha value is -1.06. The molecule has 13 heavy (non-hydrogen) atoms. The zero-order valence-corrected chi connectivity index (χ0v) is 8.20. The number of esters is 2. The van der Waals surface area contributed by atoms with Crippen molar-refractivity contribution >= 4 is 11.9 Å². The first-order valence-electron chi connectivity index (χ1n) is 4.32. The van der Waals surface area contributed by atoms with E-state index in [1.54, 1.807) is 20.8 Å². The first kappa shape index (κ1) is 11.9. The first-order chi connectivity index (χ1) is 6.10. The van der Waals surface area contributed by atoms with E-state index in [-0.39, 0.29) is 11.9 Å². The van der Waals surface area contributed by atoms with Crippen molar-refractivity contribution in [3.05, 3.63) is 6.61 Å². The van der Waals surface area contributed by atoms with Gasteiger partial charge in [-0.05, 0) is 6.92 Å². The van der Waals surface area contributed by atoms with Crippen molar-refractivity contribution in [3.8, 4) is 0 Å². The van der Waals surface area contributed by atoms with E-state index in [0.717, 1.165) is 0 Å². The summed E-state index contributed by atoms with van der Waals surface area (Å²) >= 11 is 0. The van der Waals surface area contributed by atoms with Gasteiger partial charge in [-0.3, -0.25) is 9.59 Å². The number of hydrogen-bond acceptors (Lipinski definition) is 4. The summed E-state index contributed by atoms with van der Waals surface area (Å²) < 4.78 is 9.48. The minimum Gasteiger partial charge on any atom is -0.459 e. The lowest BCUT2D eigenvalue weighted by atomic mass is 10.4. The van der Waals surface area contributed by atoms with Crippen molar-refractivity contribution in [3.63, 3.8) is 0 Å². The fraction of sp³-hybridized carbons (Fsp3) is 0.667. The zero-order chi connectivity index (χ0) is 10.3. The zero-order valence-electron chi connectivity index (χ0n) is 8.20. The molecule has 0 rings (SSSR count). The summed E-state index contributed by atoms with van der Waals surface area (Å²) in [7, 11) is 0. The fourth-order valence-corrected chi connectivity index (χ4v) is 0.573. The third-order valence-electron chi connectivity index (χ3n) is 1.29. The molecule has 0 aromatic heterocycles. The molecule has 1 atom stereocenters. The lowest BCUT2D eigenvalue weighted by molar-refractivity contribution is -0.152. The molecule has 0 spiro atoms. The molecule has 0 saturated heterocycles. The smallest absolute Gasteiger partial charge is 0.306 e. The summed E-state index contributed by atoms with van der Waals surface area (Å²) in [5.41, 5.74) is 0. The molecule has 0 aromatic carbocycles. The number of hydrogen-bond donors (Lipinski definition) is 0. The van der Waals surface area contributed by atoms with Crippen molar-refractivity contribution in [2.75, 3.05) is 0 Å². The highest BCUT2D eigenvalue weighted by molar-refractivity contribution is 5.70. The molecule has 1 unspecified atom stereocenters. The minimum atomic E-state index is -0.483. The maximum atomic E-state index is 10.8. The van der Waals surface area contributed by atoms with Gasteiger partial charge in [-0.2, -0.15) is 0 Å². The van der Waals surface area contributed by atoms with Crippen LogP contribution in [0.25, 0.3) is 0 Å². The van der Waals surface area contributed by atoms with Crippen molar-refractivity contribution in [1.29, 1.82) is 0 Å². The molecule has 0 aliphatic heterocycles. The van der Waals surface area contributed by atoms with Crippen molar-refractivity contribution in [2.45, 2.75) is 39.7 Å². The van der Waals surface area contributed by atoms with Gasteiger partial charge in [0.1, 0.15) is 6.10 Å². The Morgan fingerprint density at radius 1 is 1.23 bits per heavy atom. The van der Waals surface area contributed by atoms with Crippen LogP contribution >= 0.6 is 0 Å². The largest absolute Gasteiger partial charge is 0.459 e. The Labute approximate surface area is 78.2 Å². The van der Waals surface area contributed by atoms with Crippen LogP contribution in [0.3, 0.4) is 0 Å². The number of ether oxygens (including phenoxy) is 2. The van der Waals surface area contributed by atoms with Gasteiger partial charge in [-0.25, -0.2) is 0 Å². The summed E-state index contributed by atoms with van der Waals surface area (Å²) in [6.07, 6.45) is 0.146. The number of carbonyl (C=O) groups is 2. The second-order valence-electron chi connectivity index (χ2n) is 2.53. The number of carbonyl (C=O) groups excluding carboxylic acids is 2. The maximum Gasteiger partial charge on any atom is 0.306 e. The van der Waals surface area contributed by atoms with Gasteiger partial charge in [0.2, 0.25) is 0 Å². The van der Waals surface area contributed by atoms with Crippen molar-refractivity contribution in [2.24, 2.45) is 0 Å². The molecule has 4 heteroatoms. The molecule has 0 bridgehead atoms. The molecule has 0 heterocycles. The van der Waals surface area contributed by atoms with Crippen LogP contribution in [-0.4, -0.2) is 18.0 Å². The predicted octanol–water partition coefficient (Wildman–Crippen LogP) is 1.44. The van der Waals surface area contributed by atoms with E-state index < -0.39 is 6.10 Å². The molecule has 0 fully saturated rings. The third-order valence-corrected chi connectivity index (χ3v) is 1.29. The molecule has 0 saturated carbocycles. The summed E-state index contributed by atoms with van der Waals surface area (Å²) in [5.74, 6) is -0.643. The quantitative estimate of drug-likeness (QED) is 0.611. The molecule has 75 valence electrons. The van der Waals surface area contributed by atoms with E-state index in [4.69, 9.17) is 4.74 Å². The van der Waals surface area contributed by atoms with Crippen molar-refractivity contribution in [1.82, 2.24) is 0 Å². The second kappa shape index (κ2) is 6.46. The van der Waals surface area contributed by atoms with Crippen LogP contribution in [0.1, 0.15) is 33.6 Å². The Kier molecular flexibility index (Phi) is 5.93. The van der Waals surface area contributed by atoms with Crippen LogP contribution in [0.5, 0.6) is 0 Å². The SMILES string of the molecule is CCC(=O)O[CH]C(C)OC(=O)CC. The van der Waals surface area contributed by atoms with Gasteiger partial charge in [0.25, 0.3) is 0 Å². The molecular formula is C9H15O4. The van der Waals surface area contributed by atoms with Gasteiger partial charge in [0, 0.05) is 12.8 Å². The predicted molar refractivity (Wildman–Crippen MR) is 46.5 cm³/mol. The van der Waals surface area contributed by atoms with E-state index in [9.17, 15) is 9.59 Å². The van der Waals surface area contributed by atoms with E-state index in [0.29, 0.717) is 12.8 Å². The van der Waals surface area contributed by atoms with Crippen LogP contribution in [0.2, 0.25) is 0 Å². The minimum absolute atomic E-state index is 0.309. The average molecular weight is 187 g/mol. The van der Waals surface area contributed by atoms with Gasteiger partial charge in [-0.15, -0.1) is 0 Å². The lowest BCUT2D eigenvalue weighted by Crippen LogP contribution is -2.17. The topological polar surface area (TPSA) is 52.6 Å². The Morgan fingerprint density at radius 3 is 2.23 bits per heavy atom. The fourth-order valence-electron chi connectivity index (χ4n) is 0.573. The molecule has 0 N–H and O–H groups in total. The van der Waals surface area contributed by atoms with Gasteiger partial charge in [-0.1, -0.05) is 13.8 Å². The molecule has 0 aromatic rings. The van der Waals surface area contributed by atoms with Crippen LogP contribution in [0, 0.1) is 6.61 Å². The lowest BCUT2D eigenvalue weighted by Gasteiger charge is -2.11. The van der Waals surface area contributed by atoms with E-state index in [1.807, 2.05) is 0 Å². The van der Waals surface area contributed by atoms with Gasteiger partial charge in [0.15, 0.2) is 6.61 Å². The van der Waals surface area contributed by atoms with Crippen LogP contribution in [0.15, 0.2) is 0 Å². The highest BCUT2D eigenvalue weighted by Gasteiger charge is 2.10. The maximum absolute atomic E-state index is 10.8. The normalized spacial score (nSPS) is 11.9. The number of rotatable bonds is 5. The molecule has 4 nitrogen and oxygen atoms in total. The third kappa shape index (κ3) is 6.13. The van der Waals surface area contributed by atoms with Crippen LogP contribution in [0.4, 0.5) is 0 Å². The standard InChI is InChI=1S/C9H15O4/c1-4-8(10)12-6-7(3)13-9(11)5-2/h6-7H,4-5H2,1-3H3. The summed E-state index contributed by atoms with van der Waals surface area (Å²) in [6.45, 7) is 6.25. The average Bonchev–Trinajstić information content (AvgIpc) is 2.13. The van der Waals surface area contributed by atoms with Gasteiger partial charge < -0.3 is 9.47 Å².